The third-order valence-electron chi connectivity index (χ3n) is 5.90. The molecule has 2 N–H and O–H groups in total. The van der Waals surface area contributed by atoms with Crippen molar-refractivity contribution in [3.05, 3.63) is 90.0 Å². The lowest BCUT2D eigenvalue weighted by atomic mass is 9.84. The molecule has 3 aromatic carbocycles. The predicted octanol–water partition coefficient (Wildman–Crippen LogP) is 3.13. The zero-order valence-electron chi connectivity index (χ0n) is 18.3. The minimum atomic E-state index is -1.18. The van der Waals surface area contributed by atoms with Gasteiger partial charge in [-0.2, -0.15) is 0 Å². The zero-order chi connectivity index (χ0) is 23.5. The summed E-state index contributed by atoms with van der Waals surface area (Å²) in [7, 11) is 0. The Hall–Kier alpha value is -4.33. The summed E-state index contributed by atoms with van der Waals surface area (Å²) in [4.78, 5) is 40.2. The van der Waals surface area contributed by atoms with Crippen LogP contribution in [0.5, 0.6) is 11.5 Å². The quantitative estimate of drug-likeness (QED) is 0.532. The predicted molar refractivity (Wildman–Crippen MR) is 124 cm³/mol. The summed E-state index contributed by atoms with van der Waals surface area (Å²) in [5.74, 6) is 0.208. The van der Waals surface area contributed by atoms with Gasteiger partial charge in [-0.05, 0) is 23.3 Å². The number of fused-ring (bicyclic) bond motifs is 1. The molecule has 0 atom stereocenters. The van der Waals surface area contributed by atoms with Gasteiger partial charge >= 0.3 is 6.03 Å². The molecule has 0 aliphatic carbocycles. The molecule has 2 aliphatic heterocycles. The molecule has 0 unspecified atom stereocenters. The molecule has 172 valence electrons. The van der Waals surface area contributed by atoms with Crippen LogP contribution in [0.3, 0.4) is 0 Å². The third kappa shape index (κ3) is 4.30. The molecule has 0 bridgehead atoms. The molecule has 34 heavy (non-hydrogen) atoms. The van der Waals surface area contributed by atoms with E-state index in [1.807, 2.05) is 60.7 Å². The molecule has 2 heterocycles. The van der Waals surface area contributed by atoms with Crippen LogP contribution in [0.25, 0.3) is 0 Å². The van der Waals surface area contributed by atoms with Crippen LogP contribution in [0.15, 0.2) is 78.9 Å². The number of nitrogens with zero attached hydrogens (tertiary/aromatic N) is 1. The molecule has 8 heteroatoms. The Bertz CT molecular complexity index is 1190. The van der Waals surface area contributed by atoms with E-state index in [4.69, 9.17) is 9.47 Å². The number of carbonyl (C=O) groups is 3. The van der Waals surface area contributed by atoms with Crippen LogP contribution in [0.1, 0.15) is 11.1 Å². The van der Waals surface area contributed by atoms with E-state index in [9.17, 15) is 14.4 Å². The summed E-state index contributed by atoms with van der Waals surface area (Å²) in [6, 6.07) is 23.5. The fourth-order valence-electron chi connectivity index (χ4n) is 4.33. The van der Waals surface area contributed by atoms with E-state index >= 15 is 0 Å². The maximum Gasteiger partial charge on any atom is 0.325 e. The van der Waals surface area contributed by atoms with Crippen LogP contribution in [0, 0.1) is 0 Å². The Labute approximate surface area is 196 Å². The molecule has 3 aromatic rings. The number of carbonyl (C=O) groups excluding carboxylic acids is 3. The fraction of sp³-hybridized carbons (Fsp3) is 0.192. The van der Waals surface area contributed by atoms with Gasteiger partial charge in [0, 0.05) is 24.6 Å². The maximum absolute atomic E-state index is 13.6. The van der Waals surface area contributed by atoms with Crippen LogP contribution in [0.2, 0.25) is 0 Å². The Kier molecular flexibility index (Phi) is 5.63. The van der Waals surface area contributed by atoms with Crippen LogP contribution < -0.4 is 20.1 Å². The van der Waals surface area contributed by atoms with Gasteiger partial charge in [-0.25, -0.2) is 4.79 Å². The molecular formula is C26H23N3O5. The zero-order valence-corrected chi connectivity index (χ0v) is 18.3. The van der Waals surface area contributed by atoms with Crippen molar-refractivity contribution >= 4 is 23.5 Å². The highest BCUT2D eigenvalue weighted by molar-refractivity contribution is 6.10. The standard InChI is InChI=1S/C26H23N3O5/c30-23(27-20-11-12-21-22(13-20)34-17-33-21)16-29-24(31)26(28-25(29)32,14-18-7-3-1-4-8-18)15-19-9-5-2-6-10-19/h1-13H,14-17H2,(H,27,30)(H,28,32). The number of hydrogen-bond acceptors (Lipinski definition) is 5. The number of benzene rings is 3. The van der Waals surface area contributed by atoms with Gasteiger partial charge in [0.25, 0.3) is 5.91 Å². The third-order valence-corrected chi connectivity index (χ3v) is 5.90. The summed E-state index contributed by atoms with van der Waals surface area (Å²) in [6.45, 7) is -0.273. The van der Waals surface area contributed by atoms with E-state index in [2.05, 4.69) is 10.6 Å². The van der Waals surface area contributed by atoms with Crippen molar-refractivity contribution in [1.82, 2.24) is 10.2 Å². The van der Waals surface area contributed by atoms with Crippen LogP contribution in [-0.4, -0.2) is 41.6 Å². The summed E-state index contributed by atoms with van der Waals surface area (Å²) < 4.78 is 10.6. The topological polar surface area (TPSA) is 97.0 Å². The van der Waals surface area contributed by atoms with E-state index in [1.165, 1.54) is 0 Å². The number of ether oxygens (including phenoxy) is 2. The highest BCUT2D eigenvalue weighted by Crippen LogP contribution is 2.34. The van der Waals surface area contributed by atoms with Crippen molar-refractivity contribution in [2.24, 2.45) is 0 Å². The van der Waals surface area contributed by atoms with Gasteiger partial charge < -0.3 is 20.1 Å². The van der Waals surface area contributed by atoms with Gasteiger partial charge in [0.05, 0.1) is 0 Å². The van der Waals surface area contributed by atoms with Crippen molar-refractivity contribution in [2.45, 2.75) is 18.4 Å². The van der Waals surface area contributed by atoms with E-state index in [0.29, 0.717) is 30.0 Å². The number of hydrogen-bond donors (Lipinski definition) is 2. The SMILES string of the molecule is O=C(CN1C(=O)NC(Cc2ccccc2)(Cc2ccccc2)C1=O)Nc1ccc2c(c1)OCO2. The number of rotatable bonds is 7. The van der Waals surface area contributed by atoms with E-state index in [0.717, 1.165) is 16.0 Å². The smallest absolute Gasteiger partial charge is 0.325 e. The molecule has 0 saturated carbocycles. The molecule has 8 nitrogen and oxygen atoms in total. The lowest BCUT2D eigenvalue weighted by Crippen LogP contribution is -2.51. The lowest BCUT2D eigenvalue weighted by molar-refractivity contribution is -0.133. The second kappa shape index (κ2) is 8.90. The van der Waals surface area contributed by atoms with Gasteiger partial charge in [-0.3, -0.25) is 14.5 Å². The monoisotopic (exact) mass is 457 g/mol. The molecule has 0 radical (unpaired) electrons. The Morgan fingerprint density at radius 2 is 1.50 bits per heavy atom. The van der Waals surface area contributed by atoms with Crippen LogP contribution >= 0.6 is 0 Å². The minimum absolute atomic E-state index is 0.125. The van der Waals surface area contributed by atoms with E-state index in [1.54, 1.807) is 18.2 Å². The first kappa shape index (κ1) is 21.5. The molecule has 5 rings (SSSR count). The van der Waals surface area contributed by atoms with E-state index in [-0.39, 0.29) is 6.79 Å². The largest absolute Gasteiger partial charge is 0.454 e. The molecule has 2 aliphatic rings. The van der Waals surface area contributed by atoms with Gasteiger partial charge in [0.1, 0.15) is 12.1 Å². The minimum Gasteiger partial charge on any atom is -0.454 e. The summed E-state index contributed by atoms with van der Waals surface area (Å²) in [6.07, 6.45) is 0.626. The maximum atomic E-state index is 13.6. The Morgan fingerprint density at radius 1 is 0.882 bits per heavy atom. The van der Waals surface area contributed by atoms with Crippen molar-refractivity contribution in [1.29, 1.82) is 0 Å². The highest BCUT2D eigenvalue weighted by Gasteiger charge is 2.51. The van der Waals surface area contributed by atoms with Crippen LogP contribution in [-0.2, 0) is 22.4 Å². The molecule has 4 amide bonds. The fourth-order valence-corrected chi connectivity index (χ4v) is 4.33. The van der Waals surface area contributed by atoms with Gasteiger partial charge in [-0.1, -0.05) is 60.7 Å². The summed E-state index contributed by atoms with van der Waals surface area (Å²) in [5, 5.41) is 5.61. The van der Waals surface area contributed by atoms with Gasteiger partial charge in [-0.15, -0.1) is 0 Å². The summed E-state index contributed by atoms with van der Waals surface area (Å²) >= 11 is 0. The number of nitrogens with one attached hydrogen (secondary N) is 2. The first-order chi connectivity index (χ1) is 16.5. The first-order valence-electron chi connectivity index (χ1n) is 10.9. The van der Waals surface area contributed by atoms with Gasteiger partial charge in [0.2, 0.25) is 12.7 Å². The molecular weight excluding hydrogens is 434 g/mol. The van der Waals surface area contributed by atoms with Crippen LogP contribution in [0.4, 0.5) is 10.5 Å². The second-order valence-corrected chi connectivity index (χ2v) is 8.34. The Morgan fingerprint density at radius 3 is 2.15 bits per heavy atom. The molecule has 1 fully saturated rings. The number of amides is 4. The Balaban J connectivity index is 1.35. The van der Waals surface area contributed by atoms with Crippen molar-refractivity contribution in [3.63, 3.8) is 0 Å². The van der Waals surface area contributed by atoms with Crippen molar-refractivity contribution < 1.29 is 23.9 Å². The average Bonchev–Trinajstić information content (AvgIpc) is 3.39. The highest BCUT2D eigenvalue weighted by atomic mass is 16.7. The van der Waals surface area contributed by atoms with Crippen molar-refractivity contribution in [2.75, 3.05) is 18.7 Å². The lowest BCUT2D eigenvalue weighted by Gasteiger charge is -2.27. The van der Waals surface area contributed by atoms with Gasteiger partial charge in [0.15, 0.2) is 11.5 Å². The number of anilines is 1. The molecule has 1 saturated heterocycles. The molecule has 0 spiro atoms. The van der Waals surface area contributed by atoms with E-state index < -0.39 is 29.9 Å². The van der Waals surface area contributed by atoms with Crippen molar-refractivity contribution in [3.8, 4) is 11.5 Å². The first-order valence-corrected chi connectivity index (χ1v) is 10.9. The second-order valence-electron chi connectivity index (χ2n) is 8.34. The number of imide groups is 1. The summed E-state index contributed by atoms with van der Waals surface area (Å²) in [5.41, 5.74) is 1.14. The average molecular weight is 457 g/mol. The number of urea groups is 1. The molecule has 0 aromatic heterocycles. The normalized spacial score (nSPS) is 15.8.